The van der Waals surface area contributed by atoms with Crippen LogP contribution in [0.2, 0.25) is 0 Å². The molecule has 0 aliphatic rings. The summed E-state index contributed by atoms with van der Waals surface area (Å²) < 4.78 is 5.15. The fraction of sp³-hybridized carbons (Fsp3) is 0.538. The van der Waals surface area contributed by atoms with Gasteiger partial charge < -0.3 is 10.1 Å². The second-order valence-electron chi connectivity index (χ2n) is 4.39. The molecule has 84 valence electrons. The highest BCUT2D eigenvalue weighted by Crippen LogP contribution is 2.24. The van der Waals surface area contributed by atoms with Gasteiger partial charge in [-0.25, -0.2) is 0 Å². The average molecular weight is 207 g/mol. The molecule has 0 bridgehead atoms. The molecule has 0 heterocycles. The zero-order valence-electron chi connectivity index (χ0n) is 10.1. The molecular weight excluding hydrogens is 186 g/mol. The molecule has 0 radical (unpaired) electrons. The maximum atomic E-state index is 5.15. The van der Waals surface area contributed by atoms with Gasteiger partial charge in [-0.3, -0.25) is 0 Å². The van der Waals surface area contributed by atoms with E-state index in [0.29, 0.717) is 0 Å². The van der Waals surface area contributed by atoms with Crippen molar-refractivity contribution in [2.24, 2.45) is 0 Å². The van der Waals surface area contributed by atoms with Gasteiger partial charge in [-0.1, -0.05) is 32.9 Å². The maximum Gasteiger partial charge on any atom is 0.118 e. The molecule has 2 heteroatoms. The highest BCUT2D eigenvalue weighted by Gasteiger charge is 2.19. The third-order valence-corrected chi connectivity index (χ3v) is 2.69. The molecular formula is C13H21NO. The van der Waals surface area contributed by atoms with E-state index in [1.54, 1.807) is 7.11 Å². The summed E-state index contributed by atoms with van der Waals surface area (Å²) in [6.45, 7) is 8.63. The molecule has 1 N–H and O–H groups in total. The largest absolute Gasteiger partial charge is 0.497 e. The molecule has 0 atom stereocenters. The summed E-state index contributed by atoms with van der Waals surface area (Å²) in [5.41, 5.74) is 1.51. The summed E-state index contributed by atoms with van der Waals surface area (Å²) in [4.78, 5) is 0. The standard InChI is InChI=1S/C13H21NO/c1-5-14-10-13(2,3)11-6-8-12(15-4)9-7-11/h6-9,14H,5,10H2,1-4H3. The van der Waals surface area contributed by atoms with E-state index < -0.39 is 0 Å². The number of benzene rings is 1. The number of rotatable bonds is 5. The van der Waals surface area contributed by atoms with Gasteiger partial charge in [0.15, 0.2) is 0 Å². The van der Waals surface area contributed by atoms with Crippen molar-refractivity contribution >= 4 is 0 Å². The number of hydrogen-bond donors (Lipinski definition) is 1. The second-order valence-corrected chi connectivity index (χ2v) is 4.39. The van der Waals surface area contributed by atoms with Gasteiger partial charge in [0.05, 0.1) is 7.11 Å². The molecule has 2 nitrogen and oxygen atoms in total. The highest BCUT2D eigenvalue weighted by atomic mass is 16.5. The first-order valence-corrected chi connectivity index (χ1v) is 5.45. The van der Waals surface area contributed by atoms with Gasteiger partial charge in [-0.05, 0) is 24.2 Å². The molecule has 1 aromatic carbocycles. The highest BCUT2D eigenvalue weighted by molar-refractivity contribution is 5.31. The quantitative estimate of drug-likeness (QED) is 0.801. The fourth-order valence-electron chi connectivity index (χ4n) is 1.58. The number of likely N-dealkylation sites (N-methyl/N-ethyl adjacent to an activating group) is 1. The molecule has 0 aliphatic carbocycles. The van der Waals surface area contributed by atoms with Crippen LogP contribution in [0.5, 0.6) is 5.75 Å². The van der Waals surface area contributed by atoms with E-state index in [2.05, 4.69) is 38.2 Å². The first kappa shape index (κ1) is 12.1. The summed E-state index contributed by atoms with van der Waals surface area (Å²) >= 11 is 0. The third-order valence-electron chi connectivity index (χ3n) is 2.69. The van der Waals surface area contributed by atoms with Crippen LogP contribution in [0.1, 0.15) is 26.3 Å². The lowest BCUT2D eigenvalue weighted by atomic mass is 9.84. The Morgan fingerprint density at radius 1 is 1.20 bits per heavy atom. The Kier molecular flexibility index (Phi) is 4.15. The van der Waals surface area contributed by atoms with E-state index in [4.69, 9.17) is 4.74 Å². The third kappa shape index (κ3) is 3.24. The number of nitrogens with one attached hydrogen (secondary N) is 1. The molecule has 0 amide bonds. The van der Waals surface area contributed by atoms with Crippen LogP contribution in [0, 0.1) is 0 Å². The van der Waals surface area contributed by atoms with Crippen LogP contribution >= 0.6 is 0 Å². The lowest BCUT2D eigenvalue weighted by molar-refractivity contribution is 0.413. The van der Waals surface area contributed by atoms with Crippen LogP contribution in [0.25, 0.3) is 0 Å². The smallest absolute Gasteiger partial charge is 0.118 e. The van der Waals surface area contributed by atoms with Crippen molar-refractivity contribution in [2.75, 3.05) is 20.2 Å². The van der Waals surface area contributed by atoms with Crippen LogP contribution in [0.3, 0.4) is 0 Å². The minimum absolute atomic E-state index is 0.169. The molecule has 1 aromatic rings. The van der Waals surface area contributed by atoms with E-state index in [9.17, 15) is 0 Å². The Labute approximate surface area is 92.6 Å². The zero-order valence-corrected chi connectivity index (χ0v) is 10.1. The Balaban J connectivity index is 2.75. The van der Waals surface area contributed by atoms with Gasteiger partial charge in [-0.15, -0.1) is 0 Å². The van der Waals surface area contributed by atoms with Crippen molar-refractivity contribution in [2.45, 2.75) is 26.2 Å². The molecule has 0 unspecified atom stereocenters. The van der Waals surface area contributed by atoms with E-state index in [1.165, 1.54) is 5.56 Å². The Bertz CT molecular complexity index is 290. The first-order chi connectivity index (χ1) is 7.10. The van der Waals surface area contributed by atoms with Gasteiger partial charge in [-0.2, -0.15) is 0 Å². The van der Waals surface area contributed by atoms with Crippen molar-refractivity contribution in [3.63, 3.8) is 0 Å². The van der Waals surface area contributed by atoms with Gasteiger partial charge in [0.2, 0.25) is 0 Å². The van der Waals surface area contributed by atoms with Crippen LogP contribution in [0.4, 0.5) is 0 Å². The van der Waals surface area contributed by atoms with Crippen molar-refractivity contribution in [1.29, 1.82) is 0 Å². The van der Waals surface area contributed by atoms with E-state index in [0.717, 1.165) is 18.8 Å². The summed E-state index contributed by atoms with van der Waals surface area (Å²) in [6.07, 6.45) is 0. The predicted molar refractivity (Wildman–Crippen MR) is 64.6 cm³/mol. The number of ether oxygens (including phenoxy) is 1. The van der Waals surface area contributed by atoms with Crippen molar-refractivity contribution in [3.05, 3.63) is 29.8 Å². The van der Waals surface area contributed by atoms with Gasteiger partial charge in [0, 0.05) is 12.0 Å². The summed E-state index contributed by atoms with van der Waals surface area (Å²) in [5.74, 6) is 0.915. The van der Waals surface area contributed by atoms with E-state index >= 15 is 0 Å². The maximum absolute atomic E-state index is 5.15. The van der Waals surface area contributed by atoms with Crippen molar-refractivity contribution < 1.29 is 4.74 Å². The van der Waals surface area contributed by atoms with Crippen LogP contribution < -0.4 is 10.1 Å². The van der Waals surface area contributed by atoms with Crippen LogP contribution in [-0.4, -0.2) is 20.2 Å². The monoisotopic (exact) mass is 207 g/mol. The predicted octanol–water partition coefficient (Wildman–Crippen LogP) is 2.58. The molecule has 0 fully saturated rings. The van der Waals surface area contributed by atoms with Gasteiger partial charge in [0.1, 0.15) is 5.75 Å². The number of hydrogen-bond acceptors (Lipinski definition) is 2. The lowest BCUT2D eigenvalue weighted by Crippen LogP contribution is -2.32. The van der Waals surface area contributed by atoms with Crippen molar-refractivity contribution in [1.82, 2.24) is 5.32 Å². The Morgan fingerprint density at radius 3 is 2.27 bits per heavy atom. The summed E-state index contributed by atoms with van der Waals surface area (Å²) in [6, 6.07) is 8.30. The zero-order chi connectivity index (χ0) is 11.3. The fourth-order valence-corrected chi connectivity index (χ4v) is 1.58. The average Bonchev–Trinajstić information content (AvgIpc) is 2.26. The van der Waals surface area contributed by atoms with Gasteiger partial charge >= 0.3 is 0 Å². The molecule has 15 heavy (non-hydrogen) atoms. The van der Waals surface area contributed by atoms with Crippen LogP contribution in [-0.2, 0) is 5.41 Å². The second kappa shape index (κ2) is 5.17. The SMILES string of the molecule is CCNCC(C)(C)c1ccc(OC)cc1. The Hall–Kier alpha value is -1.02. The molecule has 0 saturated heterocycles. The lowest BCUT2D eigenvalue weighted by Gasteiger charge is -2.25. The van der Waals surface area contributed by atoms with Crippen LogP contribution in [0.15, 0.2) is 24.3 Å². The molecule has 0 aromatic heterocycles. The van der Waals surface area contributed by atoms with Gasteiger partial charge in [0.25, 0.3) is 0 Å². The number of methoxy groups -OCH3 is 1. The normalized spacial score (nSPS) is 11.5. The minimum Gasteiger partial charge on any atom is -0.497 e. The molecule has 0 spiro atoms. The molecule has 0 saturated carbocycles. The summed E-state index contributed by atoms with van der Waals surface area (Å²) in [7, 11) is 1.69. The summed E-state index contributed by atoms with van der Waals surface area (Å²) in [5, 5.41) is 3.38. The first-order valence-electron chi connectivity index (χ1n) is 5.45. The topological polar surface area (TPSA) is 21.3 Å². The van der Waals surface area contributed by atoms with E-state index in [1.807, 2.05) is 12.1 Å². The molecule has 0 aliphatic heterocycles. The van der Waals surface area contributed by atoms with Crippen molar-refractivity contribution in [3.8, 4) is 5.75 Å². The molecule has 1 rings (SSSR count). The minimum atomic E-state index is 0.169. The Morgan fingerprint density at radius 2 is 1.80 bits per heavy atom. The van der Waals surface area contributed by atoms with E-state index in [-0.39, 0.29) is 5.41 Å².